The lowest BCUT2D eigenvalue weighted by molar-refractivity contribution is -0.117. The van der Waals surface area contributed by atoms with Crippen molar-refractivity contribution in [1.29, 1.82) is 0 Å². The Morgan fingerprint density at radius 3 is 2.45 bits per heavy atom. The van der Waals surface area contributed by atoms with E-state index in [-0.39, 0.29) is 23.8 Å². The van der Waals surface area contributed by atoms with Gasteiger partial charge in [0.25, 0.3) is 0 Å². The molecule has 0 bridgehead atoms. The second-order valence-electron chi connectivity index (χ2n) is 4.48. The topological polar surface area (TPSA) is 95.6 Å². The number of hydrogen-bond acceptors (Lipinski definition) is 4. The number of phenols is 2. The average Bonchev–Trinajstić information content (AvgIpc) is 2.41. The number of benzene rings is 2. The zero-order valence-electron chi connectivity index (χ0n) is 10.8. The predicted molar refractivity (Wildman–Crippen MR) is 76.4 cm³/mol. The van der Waals surface area contributed by atoms with Crippen LogP contribution in [-0.4, -0.2) is 16.1 Å². The molecule has 0 aliphatic heterocycles. The number of hydrogen-bond donors (Lipinski definition) is 4. The molecule has 1 amide bonds. The number of para-hydroxylation sites is 1. The Kier molecular flexibility index (Phi) is 4.10. The first-order valence-electron chi connectivity index (χ1n) is 6.17. The molecule has 0 unspecified atom stereocenters. The fraction of sp³-hybridized carbons (Fsp3) is 0.133. The Hall–Kier alpha value is -2.69. The molecule has 0 fully saturated rings. The van der Waals surface area contributed by atoms with Gasteiger partial charge in [-0.25, -0.2) is 0 Å². The van der Waals surface area contributed by atoms with Gasteiger partial charge in [-0.15, -0.1) is 0 Å². The SMILES string of the molecule is NC(=O)Cc1ccc(NCc2cccc(O)c2O)cc1. The van der Waals surface area contributed by atoms with E-state index in [1.54, 1.807) is 12.1 Å². The zero-order chi connectivity index (χ0) is 14.5. The third-order valence-corrected chi connectivity index (χ3v) is 2.91. The molecule has 0 aliphatic rings. The van der Waals surface area contributed by atoms with Gasteiger partial charge in [0.2, 0.25) is 5.91 Å². The number of amides is 1. The number of nitrogens with two attached hydrogens (primary N) is 1. The van der Waals surface area contributed by atoms with Gasteiger partial charge in [-0.05, 0) is 23.8 Å². The summed E-state index contributed by atoms with van der Waals surface area (Å²) in [5, 5.41) is 22.2. The van der Waals surface area contributed by atoms with E-state index in [4.69, 9.17) is 5.73 Å². The van der Waals surface area contributed by atoms with Crippen LogP contribution in [0.15, 0.2) is 42.5 Å². The van der Waals surface area contributed by atoms with E-state index in [9.17, 15) is 15.0 Å². The Balaban J connectivity index is 2.00. The standard InChI is InChI=1S/C15H16N2O3/c16-14(19)8-10-4-6-12(7-5-10)17-9-11-2-1-3-13(18)15(11)20/h1-7,17-18,20H,8-9H2,(H2,16,19). The molecule has 2 rings (SSSR count). The van der Waals surface area contributed by atoms with Crippen molar-refractivity contribution in [3.05, 3.63) is 53.6 Å². The molecule has 5 N–H and O–H groups in total. The monoisotopic (exact) mass is 272 g/mol. The Bertz CT molecular complexity index is 609. The lowest BCUT2D eigenvalue weighted by atomic mass is 10.1. The molecular formula is C15H16N2O3. The highest BCUT2D eigenvalue weighted by Gasteiger charge is 2.05. The minimum Gasteiger partial charge on any atom is -0.504 e. The summed E-state index contributed by atoms with van der Waals surface area (Å²) >= 11 is 0. The van der Waals surface area contributed by atoms with E-state index in [1.165, 1.54) is 6.07 Å². The summed E-state index contributed by atoms with van der Waals surface area (Å²) in [5.41, 5.74) is 7.42. The first-order chi connectivity index (χ1) is 9.56. The minimum atomic E-state index is -0.365. The van der Waals surface area contributed by atoms with Gasteiger partial charge in [-0.2, -0.15) is 0 Å². The molecule has 2 aromatic carbocycles. The number of anilines is 1. The predicted octanol–water partition coefficient (Wildman–Crippen LogP) is 1.74. The van der Waals surface area contributed by atoms with Crippen molar-refractivity contribution in [3.63, 3.8) is 0 Å². The molecule has 0 saturated carbocycles. The molecule has 20 heavy (non-hydrogen) atoms. The molecule has 5 nitrogen and oxygen atoms in total. The van der Waals surface area contributed by atoms with Crippen molar-refractivity contribution in [2.45, 2.75) is 13.0 Å². The van der Waals surface area contributed by atoms with Crippen LogP contribution < -0.4 is 11.1 Å². The van der Waals surface area contributed by atoms with Crippen LogP contribution in [0.5, 0.6) is 11.5 Å². The lowest BCUT2D eigenvalue weighted by Gasteiger charge is -2.09. The summed E-state index contributed by atoms with van der Waals surface area (Å²) in [6.45, 7) is 0.384. The van der Waals surface area contributed by atoms with Crippen LogP contribution in [0, 0.1) is 0 Å². The normalized spacial score (nSPS) is 10.2. The van der Waals surface area contributed by atoms with Crippen LogP contribution in [0.25, 0.3) is 0 Å². The summed E-state index contributed by atoms with van der Waals surface area (Å²) in [7, 11) is 0. The highest BCUT2D eigenvalue weighted by molar-refractivity contribution is 5.76. The van der Waals surface area contributed by atoms with Crippen molar-refractivity contribution in [2.75, 3.05) is 5.32 Å². The molecule has 2 aromatic rings. The Morgan fingerprint density at radius 1 is 1.10 bits per heavy atom. The fourth-order valence-corrected chi connectivity index (χ4v) is 1.86. The summed E-state index contributed by atoms with van der Waals surface area (Å²) in [5.74, 6) is -0.623. The number of nitrogens with one attached hydrogen (secondary N) is 1. The van der Waals surface area contributed by atoms with Gasteiger partial charge in [0.15, 0.2) is 11.5 Å². The van der Waals surface area contributed by atoms with Crippen LogP contribution in [0.3, 0.4) is 0 Å². The lowest BCUT2D eigenvalue weighted by Crippen LogP contribution is -2.13. The zero-order valence-corrected chi connectivity index (χ0v) is 10.8. The maximum Gasteiger partial charge on any atom is 0.221 e. The molecule has 0 saturated heterocycles. The van der Waals surface area contributed by atoms with Gasteiger partial charge in [0, 0.05) is 17.8 Å². The van der Waals surface area contributed by atoms with Gasteiger partial charge >= 0.3 is 0 Å². The molecule has 0 radical (unpaired) electrons. The van der Waals surface area contributed by atoms with E-state index in [2.05, 4.69) is 5.32 Å². The van der Waals surface area contributed by atoms with E-state index in [0.717, 1.165) is 11.3 Å². The van der Waals surface area contributed by atoms with Crippen molar-refractivity contribution < 1.29 is 15.0 Å². The second-order valence-corrected chi connectivity index (χ2v) is 4.48. The second kappa shape index (κ2) is 5.97. The average molecular weight is 272 g/mol. The van der Waals surface area contributed by atoms with Gasteiger partial charge in [-0.3, -0.25) is 4.79 Å². The smallest absolute Gasteiger partial charge is 0.221 e. The van der Waals surface area contributed by atoms with Gasteiger partial charge < -0.3 is 21.3 Å². The van der Waals surface area contributed by atoms with E-state index in [0.29, 0.717) is 12.1 Å². The van der Waals surface area contributed by atoms with Crippen LogP contribution in [0.4, 0.5) is 5.69 Å². The minimum absolute atomic E-state index is 0.120. The van der Waals surface area contributed by atoms with Crippen LogP contribution >= 0.6 is 0 Å². The molecule has 0 spiro atoms. The number of primary amides is 1. The van der Waals surface area contributed by atoms with Gasteiger partial charge in [-0.1, -0.05) is 24.3 Å². The summed E-state index contributed by atoms with van der Waals surface area (Å²) < 4.78 is 0. The van der Waals surface area contributed by atoms with Crippen molar-refractivity contribution in [1.82, 2.24) is 0 Å². The van der Waals surface area contributed by atoms with Gasteiger partial charge in [0.1, 0.15) is 0 Å². The van der Waals surface area contributed by atoms with Crippen molar-refractivity contribution in [3.8, 4) is 11.5 Å². The molecule has 0 atom stereocenters. The molecule has 104 valence electrons. The van der Waals surface area contributed by atoms with Crippen LogP contribution in [-0.2, 0) is 17.8 Å². The van der Waals surface area contributed by atoms with E-state index >= 15 is 0 Å². The molecule has 0 heterocycles. The van der Waals surface area contributed by atoms with Crippen LogP contribution in [0.1, 0.15) is 11.1 Å². The largest absolute Gasteiger partial charge is 0.504 e. The fourth-order valence-electron chi connectivity index (χ4n) is 1.86. The summed E-state index contributed by atoms with van der Waals surface area (Å²) in [6, 6.07) is 12.1. The van der Waals surface area contributed by atoms with Gasteiger partial charge in [0.05, 0.1) is 6.42 Å². The summed E-state index contributed by atoms with van der Waals surface area (Å²) in [6.07, 6.45) is 0.216. The van der Waals surface area contributed by atoms with Crippen molar-refractivity contribution >= 4 is 11.6 Å². The number of rotatable bonds is 5. The number of carbonyl (C=O) groups excluding carboxylic acids is 1. The number of phenolic OH excluding ortho intramolecular Hbond substituents is 2. The van der Waals surface area contributed by atoms with E-state index in [1.807, 2.05) is 24.3 Å². The number of aromatic hydroxyl groups is 2. The third kappa shape index (κ3) is 3.41. The maximum atomic E-state index is 10.8. The highest BCUT2D eigenvalue weighted by Crippen LogP contribution is 2.28. The third-order valence-electron chi connectivity index (χ3n) is 2.91. The Morgan fingerprint density at radius 2 is 1.80 bits per heavy atom. The molecule has 0 aliphatic carbocycles. The van der Waals surface area contributed by atoms with E-state index < -0.39 is 0 Å². The molecule has 0 aromatic heterocycles. The number of carbonyl (C=O) groups is 1. The van der Waals surface area contributed by atoms with Crippen LogP contribution in [0.2, 0.25) is 0 Å². The quantitative estimate of drug-likeness (QED) is 0.623. The molecular weight excluding hydrogens is 256 g/mol. The first-order valence-corrected chi connectivity index (χ1v) is 6.17. The maximum absolute atomic E-state index is 10.8. The summed E-state index contributed by atoms with van der Waals surface area (Å²) in [4.78, 5) is 10.8. The molecule has 5 heteroatoms. The highest BCUT2D eigenvalue weighted by atomic mass is 16.3. The Labute approximate surface area is 116 Å². The first kappa shape index (κ1) is 13.7. The van der Waals surface area contributed by atoms with Crippen molar-refractivity contribution in [2.24, 2.45) is 5.73 Å².